The Morgan fingerprint density at radius 3 is 2.67 bits per heavy atom. The van der Waals surface area contributed by atoms with Gasteiger partial charge in [-0.15, -0.1) is 0 Å². The lowest BCUT2D eigenvalue weighted by atomic mass is 9.99. The van der Waals surface area contributed by atoms with Crippen molar-refractivity contribution in [3.05, 3.63) is 29.8 Å². The van der Waals surface area contributed by atoms with Crippen molar-refractivity contribution in [2.24, 2.45) is 18.7 Å². The van der Waals surface area contributed by atoms with Gasteiger partial charge in [-0.2, -0.15) is 18.3 Å². The first-order chi connectivity index (χ1) is 11.3. The molecule has 2 aromatic rings. The molecule has 7 nitrogen and oxygen atoms in total. The minimum atomic E-state index is -4.57. The fraction of sp³-hybridized carbons (Fsp3) is 0.429. The van der Waals surface area contributed by atoms with Crippen LogP contribution in [0.4, 0.5) is 13.2 Å². The molecule has 0 aromatic carbocycles. The predicted molar refractivity (Wildman–Crippen MR) is 75.0 cm³/mol. The smallest absolute Gasteiger partial charge is 0.419 e. The molecule has 1 atom stereocenters. The third-order valence-corrected chi connectivity index (χ3v) is 3.69. The van der Waals surface area contributed by atoms with Crippen LogP contribution in [-0.2, 0) is 18.0 Å². The number of amides is 1. The quantitative estimate of drug-likeness (QED) is 0.897. The number of nitrogens with two attached hydrogens (primary N) is 1. The number of nitrogens with zero attached hydrogens (tertiary/aromatic N) is 4. The lowest BCUT2D eigenvalue weighted by Crippen LogP contribution is -2.24. The molecule has 128 valence electrons. The van der Waals surface area contributed by atoms with E-state index in [-0.39, 0.29) is 17.7 Å². The number of hydrogen-bond acceptors (Lipinski definition) is 5. The van der Waals surface area contributed by atoms with Crippen molar-refractivity contribution in [2.75, 3.05) is 0 Å². The van der Waals surface area contributed by atoms with Gasteiger partial charge in [-0.1, -0.05) is 0 Å². The van der Waals surface area contributed by atoms with E-state index in [0.29, 0.717) is 5.69 Å². The van der Waals surface area contributed by atoms with E-state index in [1.54, 1.807) is 0 Å². The Balaban J connectivity index is 1.85. The summed E-state index contributed by atoms with van der Waals surface area (Å²) < 4.78 is 44.3. The van der Waals surface area contributed by atoms with Crippen LogP contribution in [0.2, 0.25) is 0 Å². The molecule has 2 aromatic heterocycles. The first kappa shape index (κ1) is 16.2. The number of hydrogen-bond donors (Lipinski definition) is 1. The highest BCUT2D eigenvalue weighted by molar-refractivity contribution is 5.82. The maximum Gasteiger partial charge on any atom is 0.435 e. The molecule has 1 fully saturated rings. The van der Waals surface area contributed by atoms with Crippen LogP contribution < -0.4 is 10.5 Å². The van der Waals surface area contributed by atoms with Crippen molar-refractivity contribution >= 4 is 5.91 Å². The third kappa shape index (κ3) is 3.31. The fourth-order valence-corrected chi connectivity index (χ4v) is 2.40. The van der Waals surface area contributed by atoms with Crippen LogP contribution in [0.15, 0.2) is 18.5 Å². The van der Waals surface area contributed by atoms with Gasteiger partial charge in [0.05, 0.1) is 17.8 Å². The van der Waals surface area contributed by atoms with Gasteiger partial charge < -0.3 is 10.5 Å². The van der Waals surface area contributed by atoms with Crippen molar-refractivity contribution in [1.82, 2.24) is 19.7 Å². The molecule has 1 amide bonds. The summed E-state index contributed by atoms with van der Waals surface area (Å²) in [6, 6.07) is 0.765. The average Bonchev–Trinajstić information content (AvgIpc) is 3.22. The molecule has 2 N–H and O–H groups in total. The Bertz CT molecular complexity index is 770. The maximum absolute atomic E-state index is 12.7. The lowest BCUT2D eigenvalue weighted by molar-refractivity contribution is -0.141. The normalized spacial score (nSPS) is 16.0. The molecular weight excluding hydrogens is 327 g/mol. The number of primary amides is 1. The number of alkyl halides is 3. The molecule has 10 heteroatoms. The summed E-state index contributed by atoms with van der Waals surface area (Å²) in [6.07, 6.45) is -0.177. The molecule has 3 rings (SSSR count). The van der Waals surface area contributed by atoms with Crippen LogP contribution in [0, 0.1) is 5.92 Å². The molecule has 24 heavy (non-hydrogen) atoms. The topological polar surface area (TPSA) is 95.9 Å². The van der Waals surface area contributed by atoms with Gasteiger partial charge in [-0.3, -0.25) is 9.78 Å². The highest BCUT2D eigenvalue weighted by atomic mass is 19.4. The highest BCUT2D eigenvalue weighted by Gasteiger charge is 2.38. The number of aromatic nitrogens is 4. The molecule has 1 aliphatic rings. The van der Waals surface area contributed by atoms with Gasteiger partial charge in [0.1, 0.15) is 0 Å². The Kier molecular flexibility index (Phi) is 3.90. The van der Waals surface area contributed by atoms with Gasteiger partial charge in [0.15, 0.2) is 5.69 Å². The highest BCUT2D eigenvalue weighted by Crippen LogP contribution is 2.42. The second-order valence-corrected chi connectivity index (χ2v) is 5.59. The second kappa shape index (κ2) is 5.77. The lowest BCUT2D eigenvalue weighted by Gasteiger charge is -2.12. The standard InChI is InChI=1S/C14H14F3N5O2/c1-22-11(4-9(21-22)14(15,16)17)24-10-6-19-5-8(20-10)12(13(18)23)7-2-3-7/h4-7,12H,2-3H2,1H3,(H2,18,23). The van der Waals surface area contributed by atoms with Crippen LogP contribution in [0.25, 0.3) is 0 Å². The summed E-state index contributed by atoms with van der Waals surface area (Å²) in [5.41, 5.74) is 4.68. The average molecular weight is 341 g/mol. The first-order valence-electron chi connectivity index (χ1n) is 7.16. The van der Waals surface area contributed by atoms with Crippen LogP contribution in [0.1, 0.15) is 30.1 Å². The maximum atomic E-state index is 12.7. The zero-order chi connectivity index (χ0) is 17.5. The number of rotatable bonds is 5. The SMILES string of the molecule is Cn1nc(C(F)(F)F)cc1Oc1cncc(C(C(N)=O)C2CC2)n1. The van der Waals surface area contributed by atoms with Crippen molar-refractivity contribution < 1.29 is 22.7 Å². The molecular formula is C14H14F3N5O2. The first-order valence-corrected chi connectivity index (χ1v) is 7.16. The molecule has 0 aliphatic heterocycles. The molecule has 0 bridgehead atoms. The van der Waals surface area contributed by atoms with Gasteiger partial charge in [0.25, 0.3) is 0 Å². The number of carbonyl (C=O) groups is 1. The van der Waals surface area contributed by atoms with Crippen LogP contribution >= 0.6 is 0 Å². The summed E-state index contributed by atoms with van der Waals surface area (Å²) in [4.78, 5) is 19.7. The van der Waals surface area contributed by atoms with Crippen LogP contribution in [0.5, 0.6) is 11.8 Å². The minimum absolute atomic E-state index is 0.0314. The van der Waals surface area contributed by atoms with E-state index >= 15 is 0 Å². The van der Waals surface area contributed by atoms with Crippen molar-refractivity contribution in [3.63, 3.8) is 0 Å². The number of ether oxygens (including phenoxy) is 1. The summed E-state index contributed by atoms with van der Waals surface area (Å²) in [7, 11) is 1.32. The minimum Gasteiger partial charge on any atom is -0.419 e. The van der Waals surface area contributed by atoms with E-state index in [1.807, 2.05) is 0 Å². The zero-order valence-electron chi connectivity index (χ0n) is 12.6. The van der Waals surface area contributed by atoms with E-state index in [9.17, 15) is 18.0 Å². The van der Waals surface area contributed by atoms with Gasteiger partial charge in [-0.05, 0) is 18.8 Å². The fourth-order valence-electron chi connectivity index (χ4n) is 2.40. The molecule has 1 unspecified atom stereocenters. The monoisotopic (exact) mass is 341 g/mol. The van der Waals surface area contributed by atoms with E-state index in [1.165, 1.54) is 19.4 Å². The van der Waals surface area contributed by atoms with Gasteiger partial charge in [0, 0.05) is 19.3 Å². The second-order valence-electron chi connectivity index (χ2n) is 5.59. The molecule has 0 radical (unpaired) electrons. The molecule has 1 saturated carbocycles. The summed E-state index contributed by atoms with van der Waals surface area (Å²) >= 11 is 0. The molecule has 0 saturated heterocycles. The molecule has 0 spiro atoms. The van der Waals surface area contributed by atoms with E-state index in [0.717, 1.165) is 23.6 Å². The predicted octanol–water partition coefficient (Wildman–Crippen LogP) is 2.00. The third-order valence-electron chi connectivity index (χ3n) is 3.69. The summed E-state index contributed by atoms with van der Waals surface area (Å²) in [5.74, 6) is -1.13. The Hall–Kier alpha value is -2.65. The van der Waals surface area contributed by atoms with E-state index in [4.69, 9.17) is 10.5 Å². The summed E-state index contributed by atoms with van der Waals surface area (Å²) in [5, 5.41) is 3.35. The zero-order valence-corrected chi connectivity index (χ0v) is 12.6. The Morgan fingerprint density at radius 2 is 2.12 bits per heavy atom. The van der Waals surface area contributed by atoms with Crippen LogP contribution in [-0.4, -0.2) is 25.7 Å². The largest absolute Gasteiger partial charge is 0.435 e. The van der Waals surface area contributed by atoms with Crippen molar-refractivity contribution in [3.8, 4) is 11.8 Å². The van der Waals surface area contributed by atoms with Gasteiger partial charge in [-0.25, -0.2) is 9.67 Å². The van der Waals surface area contributed by atoms with Crippen LogP contribution in [0.3, 0.4) is 0 Å². The molecule has 1 aliphatic carbocycles. The van der Waals surface area contributed by atoms with Gasteiger partial charge in [0.2, 0.25) is 17.7 Å². The van der Waals surface area contributed by atoms with Gasteiger partial charge >= 0.3 is 6.18 Å². The Morgan fingerprint density at radius 1 is 1.42 bits per heavy atom. The Labute approximate surface area is 134 Å². The molecule has 2 heterocycles. The van der Waals surface area contributed by atoms with E-state index in [2.05, 4.69) is 15.1 Å². The number of aryl methyl sites for hydroxylation is 1. The number of halogens is 3. The number of carbonyl (C=O) groups excluding carboxylic acids is 1. The van der Waals surface area contributed by atoms with E-state index < -0.39 is 23.7 Å². The summed E-state index contributed by atoms with van der Waals surface area (Å²) in [6.45, 7) is 0. The van der Waals surface area contributed by atoms with Crippen molar-refractivity contribution in [1.29, 1.82) is 0 Å². The van der Waals surface area contributed by atoms with Crippen molar-refractivity contribution in [2.45, 2.75) is 24.9 Å².